The van der Waals surface area contributed by atoms with E-state index in [1.807, 2.05) is 35.4 Å². The second-order valence-electron chi connectivity index (χ2n) is 11.5. The van der Waals surface area contributed by atoms with Crippen molar-refractivity contribution in [3.63, 3.8) is 0 Å². The Hall–Kier alpha value is -4.87. The first-order valence-electron chi connectivity index (χ1n) is 14.9. The molecule has 7 rings (SSSR count). The van der Waals surface area contributed by atoms with Gasteiger partial charge in [0.05, 0.1) is 22.7 Å². The number of nitrogens with zero attached hydrogens (tertiary/aromatic N) is 4. The summed E-state index contributed by atoms with van der Waals surface area (Å²) in [6.45, 7) is 3.72. The van der Waals surface area contributed by atoms with E-state index in [1.54, 1.807) is 29.3 Å². The average Bonchev–Trinajstić information content (AvgIpc) is 3.56. The van der Waals surface area contributed by atoms with Gasteiger partial charge in [0.1, 0.15) is 11.7 Å². The molecule has 4 aromatic rings. The molecule has 1 atom stereocenters. The fraction of sp³-hybridized carbons (Fsp3) is 0.273. The van der Waals surface area contributed by atoms with Gasteiger partial charge < -0.3 is 9.88 Å². The van der Waals surface area contributed by atoms with E-state index in [4.69, 9.17) is 11.6 Å². The van der Waals surface area contributed by atoms with Crippen LogP contribution in [0.15, 0.2) is 54.9 Å². The van der Waals surface area contributed by atoms with Gasteiger partial charge in [0.2, 0.25) is 17.7 Å². The molecule has 2 saturated heterocycles. The number of piperazine rings is 1. The third kappa shape index (κ3) is 4.98. The highest BCUT2D eigenvalue weighted by atomic mass is 35.5. The predicted octanol–water partition coefficient (Wildman–Crippen LogP) is 3.70. The summed E-state index contributed by atoms with van der Waals surface area (Å²) in [6, 6.07) is 11.7. The Kier molecular flexibility index (Phi) is 7.22. The van der Waals surface area contributed by atoms with Gasteiger partial charge in [-0.1, -0.05) is 36.7 Å². The topological polar surface area (TPSA) is 136 Å². The number of amides is 5. The summed E-state index contributed by atoms with van der Waals surface area (Å²) in [4.78, 5) is 76.0. The van der Waals surface area contributed by atoms with Gasteiger partial charge in [0.25, 0.3) is 11.8 Å². The van der Waals surface area contributed by atoms with E-state index in [0.29, 0.717) is 24.7 Å². The lowest BCUT2D eigenvalue weighted by Gasteiger charge is -2.34. The summed E-state index contributed by atoms with van der Waals surface area (Å²) in [5, 5.41) is 3.74. The molecule has 2 aromatic carbocycles. The van der Waals surface area contributed by atoms with Gasteiger partial charge in [-0.2, -0.15) is 0 Å². The number of benzene rings is 2. The van der Waals surface area contributed by atoms with E-state index >= 15 is 0 Å². The Labute approximate surface area is 263 Å². The first-order chi connectivity index (χ1) is 21.7. The third-order valence-corrected chi connectivity index (χ3v) is 9.17. The van der Waals surface area contributed by atoms with Crippen LogP contribution in [0.5, 0.6) is 0 Å². The molecule has 45 heavy (non-hydrogen) atoms. The van der Waals surface area contributed by atoms with Crippen molar-refractivity contribution in [3.8, 4) is 11.1 Å². The largest absolute Gasteiger partial charge is 0.346 e. The molecule has 0 bridgehead atoms. The molecule has 11 nitrogen and oxygen atoms in total. The van der Waals surface area contributed by atoms with E-state index in [-0.39, 0.29) is 36.4 Å². The van der Waals surface area contributed by atoms with Crippen molar-refractivity contribution in [3.05, 3.63) is 82.1 Å². The number of rotatable bonds is 6. The number of aromatic nitrogens is 2. The monoisotopic (exact) mass is 624 g/mol. The smallest absolute Gasteiger partial charge is 0.262 e. The van der Waals surface area contributed by atoms with Crippen molar-refractivity contribution < 1.29 is 24.0 Å². The maximum Gasteiger partial charge on any atom is 0.262 e. The molecule has 0 radical (unpaired) electrons. The number of carbonyl (C=O) groups excluding carboxylic acids is 5. The predicted molar refractivity (Wildman–Crippen MR) is 167 cm³/mol. The number of pyridine rings is 1. The minimum Gasteiger partial charge on any atom is -0.346 e. The molecule has 12 heteroatoms. The molecule has 0 aliphatic carbocycles. The summed E-state index contributed by atoms with van der Waals surface area (Å²) < 4.78 is 0. The number of piperidine rings is 1. The van der Waals surface area contributed by atoms with Gasteiger partial charge in [-0.25, -0.2) is 4.98 Å². The van der Waals surface area contributed by atoms with Gasteiger partial charge >= 0.3 is 0 Å². The number of imide groups is 2. The fourth-order valence-electron chi connectivity index (χ4n) is 6.45. The van der Waals surface area contributed by atoms with Crippen LogP contribution < -0.4 is 10.2 Å². The van der Waals surface area contributed by atoms with Crippen LogP contribution in [-0.2, 0) is 27.3 Å². The van der Waals surface area contributed by atoms with Crippen molar-refractivity contribution in [2.75, 3.05) is 24.5 Å². The van der Waals surface area contributed by atoms with Crippen molar-refractivity contribution in [2.24, 2.45) is 0 Å². The van der Waals surface area contributed by atoms with Gasteiger partial charge in [-0.3, -0.25) is 39.1 Å². The van der Waals surface area contributed by atoms with E-state index < -0.39 is 29.7 Å². The molecular weight excluding hydrogens is 596 g/mol. The molecule has 1 unspecified atom stereocenters. The highest BCUT2D eigenvalue weighted by Crippen LogP contribution is 2.36. The second kappa shape index (κ2) is 11.2. The van der Waals surface area contributed by atoms with Crippen LogP contribution in [0.2, 0.25) is 5.02 Å². The highest BCUT2D eigenvalue weighted by molar-refractivity contribution is 6.38. The minimum absolute atomic E-state index is 0.0616. The molecule has 5 heterocycles. The zero-order chi connectivity index (χ0) is 31.4. The second-order valence-corrected chi connectivity index (χ2v) is 11.9. The van der Waals surface area contributed by atoms with Crippen LogP contribution >= 0.6 is 11.6 Å². The van der Waals surface area contributed by atoms with E-state index in [0.717, 1.165) is 50.3 Å². The molecule has 2 N–H and O–H groups in total. The number of halogens is 1. The number of fused-ring (bicyclic) bond motifs is 2. The van der Waals surface area contributed by atoms with Crippen LogP contribution in [-0.4, -0.2) is 75.0 Å². The molecule has 228 valence electrons. The van der Waals surface area contributed by atoms with E-state index in [9.17, 15) is 24.0 Å². The molecule has 0 spiro atoms. The maximum absolute atomic E-state index is 13.4. The van der Waals surface area contributed by atoms with Crippen LogP contribution in [0.1, 0.15) is 51.6 Å². The Morgan fingerprint density at radius 1 is 0.978 bits per heavy atom. The molecule has 3 aliphatic heterocycles. The summed E-state index contributed by atoms with van der Waals surface area (Å²) in [5.41, 5.74) is 5.51. The standard InChI is InChI=1S/C33H29ClN6O5/c1-2-19-14-35-30-28(19)29(34)24(15-36-30)20-4-3-5-21(13-20)39-11-10-38(17-27(39)42)16-18-6-7-22-23(12-18)33(45)40(32(22)44)25-8-9-26(41)37-31(25)43/h3-7,12-15,25H,2,8-11,16-17H2,1H3,(H,35,36)(H,37,41,43). The molecule has 2 aromatic heterocycles. The quantitative estimate of drug-likeness (QED) is 0.312. The fourth-order valence-corrected chi connectivity index (χ4v) is 6.81. The summed E-state index contributed by atoms with van der Waals surface area (Å²) in [6.07, 6.45) is 4.67. The Morgan fingerprint density at radius 2 is 1.80 bits per heavy atom. The highest BCUT2D eigenvalue weighted by Gasteiger charge is 2.44. The van der Waals surface area contributed by atoms with Gasteiger partial charge in [0, 0.05) is 55.1 Å². The Balaban J connectivity index is 1.05. The van der Waals surface area contributed by atoms with Gasteiger partial charge in [0.15, 0.2) is 0 Å². The number of H-pyrrole nitrogens is 1. The number of aryl methyl sites for hydroxylation is 1. The van der Waals surface area contributed by atoms with Crippen molar-refractivity contribution in [2.45, 2.75) is 38.8 Å². The van der Waals surface area contributed by atoms with E-state index in [1.165, 1.54) is 0 Å². The molecule has 5 amide bonds. The zero-order valence-corrected chi connectivity index (χ0v) is 25.2. The zero-order valence-electron chi connectivity index (χ0n) is 24.4. The van der Waals surface area contributed by atoms with Crippen molar-refractivity contribution >= 4 is 57.9 Å². The van der Waals surface area contributed by atoms with Gasteiger partial charge in [-0.15, -0.1) is 0 Å². The first kappa shape index (κ1) is 28.9. The van der Waals surface area contributed by atoms with Crippen LogP contribution in [0.4, 0.5) is 5.69 Å². The Bertz CT molecular complexity index is 1940. The summed E-state index contributed by atoms with van der Waals surface area (Å²) >= 11 is 6.86. The normalized spacial score (nSPS) is 19.1. The number of anilines is 1. The summed E-state index contributed by atoms with van der Waals surface area (Å²) in [5.74, 6) is -2.22. The number of carbonyl (C=O) groups is 5. The van der Waals surface area contributed by atoms with E-state index in [2.05, 4.69) is 22.2 Å². The minimum atomic E-state index is -1.01. The molecule has 0 saturated carbocycles. The lowest BCUT2D eigenvalue weighted by atomic mass is 10.0. The lowest BCUT2D eigenvalue weighted by Crippen LogP contribution is -2.54. The first-order valence-corrected chi connectivity index (χ1v) is 15.2. The maximum atomic E-state index is 13.4. The SMILES string of the molecule is CCc1c[nH]c2ncc(-c3cccc(N4CCN(Cc5ccc6c(c5)C(=O)N(C5CCC(=O)NC5=O)C6=O)CC4=O)c3)c(Cl)c12. The van der Waals surface area contributed by atoms with Crippen LogP contribution in [0.25, 0.3) is 22.2 Å². The molecule has 3 aliphatic rings. The summed E-state index contributed by atoms with van der Waals surface area (Å²) in [7, 11) is 0. The molecular formula is C33H29ClN6O5. The number of hydrogen-bond acceptors (Lipinski definition) is 7. The number of nitrogens with one attached hydrogen (secondary N) is 2. The molecule has 2 fully saturated rings. The van der Waals surface area contributed by atoms with Crippen molar-refractivity contribution in [1.82, 2.24) is 25.1 Å². The van der Waals surface area contributed by atoms with Crippen molar-refractivity contribution in [1.29, 1.82) is 0 Å². The Morgan fingerprint density at radius 3 is 2.58 bits per heavy atom. The van der Waals surface area contributed by atoms with Crippen LogP contribution in [0.3, 0.4) is 0 Å². The van der Waals surface area contributed by atoms with Gasteiger partial charge in [-0.05, 0) is 53.8 Å². The lowest BCUT2D eigenvalue weighted by molar-refractivity contribution is -0.136. The number of aromatic amines is 1. The average molecular weight is 625 g/mol. The third-order valence-electron chi connectivity index (χ3n) is 8.78. The van der Waals surface area contributed by atoms with Crippen LogP contribution in [0, 0.1) is 0 Å². The number of hydrogen-bond donors (Lipinski definition) is 2.